The first kappa shape index (κ1) is 17.6. The highest BCUT2D eigenvalue weighted by molar-refractivity contribution is 7.67. The van der Waals surface area contributed by atoms with Gasteiger partial charge in [-0.05, 0) is 13.8 Å². The van der Waals surface area contributed by atoms with Gasteiger partial charge in [-0.1, -0.05) is 0 Å². The predicted octanol–water partition coefficient (Wildman–Crippen LogP) is 0.772. The molecule has 0 amide bonds. The second-order valence-electron chi connectivity index (χ2n) is 5.65. The average Bonchev–Trinajstić information content (AvgIpc) is 3.07. The van der Waals surface area contributed by atoms with Crippen molar-refractivity contribution in [2.45, 2.75) is 26.0 Å². The molecule has 11 heteroatoms. The van der Waals surface area contributed by atoms with Gasteiger partial charge in [-0.25, -0.2) is 13.4 Å². The van der Waals surface area contributed by atoms with Crippen LogP contribution in [0.2, 0.25) is 0 Å². The van der Waals surface area contributed by atoms with E-state index in [1.54, 1.807) is 25.3 Å². The van der Waals surface area contributed by atoms with E-state index < -0.39 is 17.1 Å². The van der Waals surface area contributed by atoms with Crippen LogP contribution in [0, 0.1) is 0 Å². The molecule has 25 heavy (non-hydrogen) atoms. The first-order chi connectivity index (χ1) is 12.0. The average molecular weight is 368 g/mol. The third-order valence-corrected chi connectivity index (χ3v) is 4.28. The van der Waals surface area contributed by atoms with E-state index in [2.05, 4.69) is 30.4 Å². The monoisotopic (exact) mass is 368 g/mol. The Morgan fingerprint density at radius 1 is 1.48 bits per heavy atom. The number of nitrogens with one attached hydrogen (secondary N) is 2. The molecule has 1 saturated heterocycles. The van der Waals surface area contributed by atoms with E-state index in [0.717, 1.165) is 0 Å². The lowest BCUT2D eigenvalue weighted by atomic mass is 10.2. The second-order valence-corrected chi connectivity index (χ2v) is 6.31. The molecule has 10 nitrogen and oxygen atoms in total. The largest absolute Gasteiger partial charge is 0.377 e. The van der Waals surface area contributed by atoms with Gasteiger partial charge in [0.1, 0.15) is 11.9 Å². The second kappa shape index (κ2) is 7.76. The van der Waals surface area contributed by atoms with Crippen molar-refractivity contribution in [3.8, 4) is 0 Å². The van der Waals surface area contributed by atoms with Crippen LogP contribution in [0.15, 0.2) is 18.3 Å². The molecule has 0 radical (unpaired) electrons. The number of aromatic amines is 1. The fourth-order valence-corrected chi connectivity index (χ4v) is 2.93. The van der Waals surface area contributed by atoms with Crippen LogP contribution in [-0.2, 0) is 19.9 Å². The van der Waals surface area contributed by atoms with Crippen LogP contribution in [0.25, 0.3) is 0 Å². The number of ether oxygens (including phenoxy) is 1. The van der Waals surface area contributed by atoms with Gasteiger partial charge in [0, 0.05) is 24.9 Å². The van der Waals surface area contributed by atoms with E-state index >= 15 is 0 Å². The highest BCUT2D eigenvalue weighted by atomic mass is 32.2. The number of hydrogen-bond donors (Lipinski definition) is 3. The standard InChI is InChI=1S/C14H20N6O4S/c1-9-8-23-6-5-20(9)13-7-11(10(2)24-25(21)22)16-14(18-13)17-12-3-4-15-19-12/h3-4,7,9-10,25H,5-6,8H2,1-2H3,(H2,15,16,17,18,19)/t9-,10?/m0/s1. The first-order valence-electron chi connectivity index (χ1n) is 7.84. The minimum Gasteiger partial charge on any atom is -0.377 e. The molecule has 1 unspecified atom stereocenters. The third-order valence-electron chi connectivity index (χ3n) is 3.80. The van der Waals surface area contributed by atoms with Gasteiger partial charge in [0.05, 0.1) is 24.9 Å². The zero-order valence-electron chi connectivity index (χ0n) is 13.9. The van der Waals surface area contributed by atoms with Crippen LogP contribution < -0.4 is 10.2 Å². The summed E-state index contributed by atoms with van der Waals surface area (Å²) in [6, 6.07) is 3.62. The van der Waals surface area contributed by atoms with Crippen molar-refractivity contribution in [3.63, 3.8) is 0 Å². The molecule has 1 aliphatic heterocycles. The molecule has 1 fully saturated rings. The van der Waals surface area contributed by atoms with Gasteiger partial charge < -0.3 is 15.0 Å². The first-order valence-corrected chi connectivity index (χ1v) is 8.94. The molecule has 3 rings (SSSR count). The smallest absolute Gasteiger partial charge is 0.257 e. The fourth-order valence-electron chi connectivity index (χ4n) is 2.56. The van der Waals surface area contributed by atoms with E-state index in [4.69, 9.17) is 8.92 Å². The Morgan fingerprint density at radius 2 is 2.32 bits per heavy atom. The molecule has 0 spiro atoms. The normalized spacial score (nSPS) is 19.2. The lowest BCUT2D eigenvalue weighted by Gasteiger charge is -2.34. The molecule has 2 aromatic rings. The minimum atomic E-state index is -2.98. The Balaban J connectivity index is 1.94. The molecule has 0 bridgehead atoms. The summed E-state index contributed by atoms with van der Waals surface area (Å²) in [5.74, 6) is 1.55. The van der Waals surface area contributed by atoms with Gasteiger partial charge in [-0.2, -0.15) is 10.1 Å². The minimum absolute atomic E-state index is 0.141. The molecular weight excluding hydrogens is 348 g/mol. The molecule has 2 aromatic heterocycles. The number of hydrogen-bond acceptors (Lipinski definition) is 9. The Kier molecular flexibility index (Phi) is 5.46. The summed E-state index contributed by atoms with van der Waals surface area (Å²) in [6.45, 7) is 5.54. The number of anilines is 3. The molecule has 0 saturated carbocycles. The maximum absolute atomic E-state index is 10.9. The lowest BCUT2D eigenvalue weighted by Crippen LogP contribution is -2.44. The van der Waals surface area contributed by atoms with Crippen LogP contribution >= 0.6 is 0 Å². The summed E-state index contributed by atoms with van der Waals surface area (Å²) in [4.78, 5) is 11.0. The van der Waals surface area contributed by atoms with Crippen LogP contribution in [0.1, 0.15) is 25.6 Å². The van der Waals surface area contributed by atoms with Crippen LogP contribution in [0.3, 0.4) is 0 Å². The third kappa shape index (κ3) is 4.44. The highest BCUT2D eigenvalue weighted by Crippen LogP contribution is 2.25. The molecule has 136 valence electrons. The summed E-state index contributed by atoms with van der Waals surface area (Å²) in [5.41, 5.74) is 0.459. The Hall–Kier alpha value is -2.24. The SMILES string of the molecule is CC(O[SH](=O)=O)c1cc(N2CCOC[C@@H]2C)nc(Nc2cc[nH]n2)n1. The van der Waals surface area contributed by atoms with Crippen LogP contribution in [0.4, 0.5) is 17.6 Å². The summed E-state index contributed by atoms with van der Waals surface area (Å²) < 4.78 is 32.1. The zero-order valence-corrected chi connectivity index (χ0v) is 14.8. The number of rotatable bonds is 6. The Labute approximate surface area is 146 Å². The lowest BCUT2D eigenvalue weighted by molar-refractivity contribution is 0.0985. The summed E-state index contributed by atoms with van der Waals surface area (Å²) >= 11 is 0. The van der Waals surface area contributed by atoms with E-state index in [1.807, 2.05) is 6.92 Å². The Morgan fingerprint density at radius 3 is 3.00 bits per heavy atom. The fraction of sp³-hybridized carbons (Fsp3) is 0.500. The molecule has 2 atom stereocenters. The summed E-state index contributed by atoms with van der Waals surface area (Å²) in [5, 5.41) is 9.71. The number of H-pyrrole nitrogens is 1. The van der Waals surface area contributed by atoms with E-state index in [9.17, 15) is 8.42 Å². The molecular formula is C14H20N6O4S. The van der Waals surface area contributed by atoms with Gasteiger partial charge in [-0.15, -0.1) is 0 Å². The molecule has 0 aromatic carbocycles. The molecule has 3 heterocycles. The number of aromatic nitrogens is 4. The zero-order chi connectivity index (χ0) is 17.8. The molecule has 2 N–H and O–H groups in total. The van der Waals surface area contributed by atoms with E-state index in [-0.39, 0.29) is 6.04 Å². The van der Waals surface area contributed by atoms with Gasteiger partial charge in [0.25, 0.3) is 11.0 Å². The van der Waals surface area contributed by atoms with Crippen molar-refractivity contribution in [2.24, 2.45) is 0 Å². The topological polar surface area (TPSA) is 122 Å². The van der Waals surface area contributed by atoms with Crippen molar-refractivity contribution in [3.05, 3.63) is 24.0 Å². The van der Waals surface area contributed by atoms with Crippen LogP contribution in [0.5, 0.6) is 0 Å². The maximum atomic E-state index is 10.9. The van der Waals surface area contributed by atoms with Gasteiger partial charge >= 0.3 is 0 Å². The van der Waals surface area contributed by atoms with Crippen molar-refractivity contribution in [1.29, 1.82) is 0 Å². The summed E-state index contributed by atoms with van der Waals surface area (Å²) in [6.07, 6.45) is 0.948. The highest BCUT2D eigenvalue weighted by Gasteiger charge is 2.23. The van der Waals surface area contributed by atoms with Crippen molar-refractivity contribution < 1.29 is 17.3 Å². The number of thiol groups is 1. The van der Waals surface area contributed by atoms with Gasteiger partial charge in [0.2, 0.25) is 5.95 Å². The summed E-state index contributed by atoms with van der Waals surface area (Å²) in [7, 11) is -2.98. The molecule has 1 aliphatic rings. The van der Waals surface area contributed by atoms with Crippen molar-refractivity contribution in [1.82, 2.24) is 20.2 Å². The van der Waals surface area contributed by atoms with Crippen LogP contribution in [-0.4, -0.2) is 54.4 Å². The van der Waals surface area contributed by atoms with Gasteiger partial charge in [-0.3, -0.25) is 9.28 Å². The maximum Gasteiger partial charge on any atom is 0.257 e. The molecule has 0 aliphatic carbocycles. The van der Waals surface area contributed by atoms with E-state index in [1.165, 1.54) is 0 Å². The van der Waals surface area contributed by atoms with Gasteiger partial charge in [0.15, 0.2) is 5.82 Å². The number of nitrogens with zero attached hydrogens (tertiary/aromatic N) is 4. The van der Waals surface area contributed by atoms with E-state index in [0.29, 0.717) is 43.0 Å². The predicted molar refractivity (Wildman–Crippen MR) is 91.3 cm³/mol. The van der Waals surface area contributed by atoms with Crippen molar-refractivity contribution >= 4 is 28.6 Å². The number of morpholine rings is 1. The Bertz CT molecular complexity index is 774. The van der Waals surface area contributed by atoms with Crippen molar-refractivity contribution in [2.75, 3.05) is 30.0 Å². The quantitative estimate of drug-likeness (QED) is 0.635.